The summed E-state index contributed by atoms with van der Waals surface area (Å²) in [5.41, 5.74) is 2.61. The first-order valence-corrected chi connectivity index (χ1v) is 8.13. The largest absolute Gasteiger partial charge is 0.451 e. The van der Waals surface area contributed by atoms with Crippen LogP contribution in [0.4, 0.5) is 5.69 Å². The van der Waals surface area contributed by atoms with Gasteiger partial charge in [-0.1, -0.05) is 30.3 Å². The van der Waals surface area contributed by atoms with E-state index >= 15 is 0 Å². The monoisotopic (exact) mass is 350 g/mol. The SMILES string of the molecule is Cc1cccc(C)c1NC(=O)CNC(=O)c1cc(=O)c2ccccc2o1. The molecule has 2 N–H and O–H groups in total. The van der Waals surface area contributed by atoms with Crippen molar-refractivity contribution in [1.29, 1.82) is 0 Å². The van der Waals surface area contributed by atoms with Gasteiger partial charge in [0.2, 0.25) is 5.91 Å². The molecular weight excluding hydrogens is 332 g/mol. The third kappa shape index (κ3) is 3.64. The summed E-state index contributed by atoms with van der Waals surface area (Å²) >= 11 is 0. The zero-order chi connectivity index (χ0) is 18.7. The van der Waals surface area contributed by atoms with Gasteiger partial charge in [0.05, 0.1) is 11.9 Å². The lowest BCUT2D eigenvalue weighted by Gasteiger charge is -2.11. The number of fused-ring (bicyclic) bond motifs is 1. The van der Waals surface area contributed by atoms with Crippen LogP contribution >= 0.6 is 0 Å². The van der Waals surface area contributed by atoms with Crippen molar-refractivity contribution in [1.82, 2.24) is 5.32 Å². The van der Waals surface area contributed by atoms with Crippen LogP contribution in [0.15, 0.2) is 57.7 Å². The zero-order valence-corrected chi connectivity index (χ0v) is 14.5. The summed E-state index contributed by atoms with van der Waals surface area (Å²) in [6.07, 6.45) is 0. The molecule has 0 atom stereocenters. The van der Waals surface area contributed by atoms with Crippen molar-refractivity contribution in [2.75, 3.05) is 11.9 Å². The molecule has 0 spiro atoms. The van der Waals surface area contributed by atoms with Gasteiger partial charge in [0.25, 0.3) is 5.91 Å². The lowest BCUT2D eigenvalue weighted by Crippen LogP contribution is -2.33. The lowest BCUT2D eigenvalue weighted by atomic mass is 10.1. The Morgan fingerprint density at radius 3 is 2.42 bits per heavy atom. The van der Waals surface area contributed by atoms with Crippen molar-refractivity contribution in [2.45, 2.75) is 13.8 Å². The highest BCUT2D eigenvalue weighted by Crippen LogP contribution is 2.19. The molecule has 2 amide bonds. The van der Waals surface area contributed by atoms with Gasteiger partial charge in [-0.05, 0) is 37.1 Å². The van der Waals surface area contributed by atoms with E-state index in [0.29, 0.717) is 11.0 Å². The molecule has 3 rings (SSSR count). The van der Waals surface area contributed by atoms with Crippen LogP contribution < -0.4 is 16.1 Å². The highest BCUT2D eigenvalue weighted by atomic mass is 16.3. The Morgan fingerprint density at radius 1 is 1.00 bits per heavy atom. The summed E-state index contributed by atoms with van der Waals surface area (Å²) in [6.45, 7) is 3.55. The van der Waals surface area contributed by atoms with E-state index in [2.05, 4.69) is 10.6 Å². The van der Waals surface area contributed by atoms with Gasteiger partial charge in [-0.25, -0.2) is 0 Å². The molecule has 0 saturated carbocycles. The van der Waals surface area contributed by atoms with Crippen LogP contribution in [-0.2, 0) is 4.79 Å². The molecule has 26 heavy (non-hydrogen) atoms. The predicted octanol–water partition coefficient (Wildman–Crippen LogP) is 2.78. The second-order valence-electron chi connectivity index (χ2n) is 5.97. The predicted molar refractivity (Wildman–Crippen MR) is 99.4 cm³/mol. The Hall–Kier alpha value is -3.41. The Bertz CT molecular complexity index is 1030. The minimum Gasteiger partial charge on any atom is -0.451 e. The molecule has 0 unspecified atom stereocenters. The average Bonchev–Trinajstić information content (AvgIpc) is 2.63. The number of aryl methyl sites for hydroxylation is 2. The maximum absolute atomic E-state index is 12.2. The van der Waals surface area contributed by atoms with E-state index in [0.717, 1.165) is 22.9 Å². The van der Waals surface area contributed by atoms with Gasteiger partial charge in [0.15, 0.2) is 11.2 Å². The Kier molecular flexibility index (Phi) is 4.84. The van der Waals surface area contributed by atoms with Gasteiger partial charge in [-0.15, -0.1) is 0 Å². The van der Waals surface area contributed by atoms with E-state index < -0.39 is 5.91 Å². The van der Waals surface area contributed by atoms with E-state index in [1.807, 2.05) is 32.0 Å². The minimum atomic E-state index is -0.621. The van der Waals surface area contributed by atoms with Gasteiger partial charge < -0.3 is 15.1 Å². The van der Waals surface area contributed by atoms with Gasteiger partial charge >= 0.3 is 0 Å². The molecule has 1 aromatic heterocycles. The van der Waals surface area contributed by atoms with Crippen LogP contribution in [-0.4, -0.2) is 18.4 Å². The van der Waals surface area contributed by atoms with Crippen LogP contribution in [0.25, 0.3) is 11.0 Å². The standard InChI is InChI=1S/C20H18N2O4/c1-12-6-5-7-13(2)19(12)22-18(24)11-21-20(25)17-10-15(23)14-8-3-4-9-16(14)26-17/h3-10H,11H2,1-2H3,(H,21,25)(H,22,24). The van der Waals surface area contributed by atoms with E-state index in [1.54, 1.807) is 24.3 Å². The molecule has 0 aliphatic heterocycles. The maximum Gasteiger partial charge on any atom is 0.287 e. The number of hydrogen-bond acceptors (Lipinski definition) is 4. The Morgan fingerprint density at radius 2 is 1.69 bits per heavy atom. The van der Waals surface area contributed by atoms with Crippen molar-refractivity contribution in [2.24, 2.45) is 0 Å². The molecule has 132 valence electrons. The Balaban J connectivity index is 1.69. The summed E-state index contributed by atoms with van der Waals surface area (Å²) in [6, 6.07) is 13.5. The highest BCUT2D eigenvalue weighted by molar-refractivity contribution is 5.99. The smallest absolute Gasteiger partial charge is 0.287 e. The third-order valence-corrected chi connectivity index (χ3v) is 4.01. The first kappa shape index (κ1) is 17.4. The van der Waals surface area contributed by atoms with Gasteiger partial charge in [-0.2, -0.15) is 0 Å². The molecule has 0 saturated heterocycles. The summed E-state index contributed by atoms with van der Waals surface area (Å²) in [4.78, 5) is 36.4. The quantitative estimate of drug-likeness (QED) is 0.757. The summed E-state index contributed by atoms with van der Waals surface area (Å²) in [7, 11) is 0. The molecule has 2 aromatic carbocycles. The van der Waals surface area contributed by atoms with Crippen LogP contribution in [0.2, 0.25) is 0 Å². The first-order valence-electron chi connectivity index (χ1n) is 8.13. The topological polar surface area (TPSA) is 88.4 Å². The molecule has 0 fully saturated rings. The first-order chi connectivity index (χ1) is 12.5. The summed E-state index contributed by atoms with van der Waals surface area (Å²) in [5, 5.41) is 5.65. The lowest BCUT2D eigenvalue weighted by molar-refractivity contribution is -0.115. The third-order valence-electron chi connectivity index (χ3n) is 4.01. The van der Waals surface area contributed by atoms with Crippen LogP contribution in [0.5, 0.6) is 0 Å². The van der Waals surface area contributed by atoms with Crippen molar-refractivity contribution in [3.8, 4) is 0 Å². The zero-order valence-electron chi connectivity index (χ0n) is 14.5. The number of nitrogens with one attached hydrogen (secondary N) is 2. The maximum atomic E-state index is 12.2. The molecule has 6 heteroatoms. The number of amides is 2. The van der Waals surface area contributed by atoms with Crippen molar-refractivity contribution < 1.29 is 14.0 Å². The van der Waals surface area contributed by atoms with Crippen molar-refractivity contribution in [3.63, 3.8) is 0 Å². The van der Waals surface area contributed by atoms with Gasteiger partial charge in [0, 0.05) is 11.8 Å². The van der Waals surface area contributed by atoms with E-state index in [4.69, 9.17) is 4.42 Å². The molecule has 0 radical (unpaired) electrons. The fourth-order valence-corrected chi connectivity index (χ4v) is 2.66. The number of para-hydroxylation sites is 2. The van der Waals surface area contributed by atoms with Crippen LogP contribution in [0.3, 0.4) is 0 Å². The number of hydrogen-bond donors (Lipinski definition) is 2. The molecule has 3 aromatic rings. The van der Waals surface area contributed by atoms with Crippen molar-refractivity contribution in [3.05, 3.63) is 75.6 Å². The van der Waals surface area contributed by atoms with Crippen LogP contribution in [0, 0.1) is 13.8 Å². The van der Waals surface area contributed by atoms with Crippen LogP contribution in [0.1, 0.15) is 21.7 Å². The second-order valence-corrected chi connectivity index (χ2v) is 5.97. The fourth-order valence-electron chi connectivity index (χ4n) is 2.66. The number of carbonyl (C=O) groups excluding carboxylic acids is 2. The van der Waals surface area contributed by atoms with E-state index in [-0.39, 0.29) is 23.6 Å². The number of carbonyl (C=O) groups is 2. The molecule has 1 heterocycles. The van der Waals surface area contributed by atoms with E-state index in [1.165, 1.54) is 0 Å². The second kappa shape index (κ2) is 7.23. The summed E-state index contributed by atoms with van der Waals surface area (Å²) < 4.78 is 5.45. The number of anilines is 1. The molecule has 0 bridgehead atoms. The highest BCUT2D eigenvalue weighted by Gasteiger charge is 2.14. The van der Waals surface area contributed by atoms with Crippen molar-refractivity contribution >= 4 is 28.5 Å². The normalized spacial score (nSPS) is 10.5. The van der Waals surface area contributed by atoms with Gasteiger partial charge in [-0.3, -0.25) is 14.4 Å². The minimum absolute atomic E-state index is 0.131. The number of rotatable bonds is 4. The van der Waals surface area contributed by atoms with Gasteiger partial charge in [0.1, 0.15) is 5.58 Å². The average molecular weight is 350 g/mol. The molecule has 0 aliphatic carbocycles. The van der Waals surface area contributed by atoms with E-state index in [9.17, 15) is 14.4 Å². The fraction of sp³-hybridized carbons (Fsp3) is 0.150. The molecular formula is C20H18N2O4. The summed E-state index contributed by atoms with van der Waals surface area (Å²) in [5.74, 6) is -1.11. The molecule has 0 aliphatic rings. The molecule has 6 nitrogen and oxygen atoms in total. The number of benzene rings is 2. The Labute approximate surface area is 149 Å².